The zero-order valence-corrected chi connectivity index (χ0v) is 9.08. The number of nitrogens with zero attached hydrogens (tertiary/aromatic N) is 2. The second-order valence-corrected chi connectivity index (χ2v) is 4.91. The highest BCUT2D eigenvalue weighted by atomic mass is 15.2. The molecule has 0 aromatic rings. The second-order valence-electron chi connectivity index (χ2n) is 4.91. The maximum Gasteiger partial charge on any atom is 0.0975 e. The third-order valence-electron chi connectivity index (χ3n) is 3.85. The van der Waals surface area contributed by atoms with Crippen LogP contribution in [0, 0.1) is 23.2 Å². The Morgan fingerprint density at radius 3 is 2.50 bits per heavy atom. The van der Waals surface area contributed by atoms with Crippen LogP contribution in [0.3, 0.4) is 0 Å². The van der Waals surface area contributed by atoms with Crippen LogP contribution >= 0.6 is 0 Å². The van der Waals surface area contributed by atoms with Crippen LogP contribution in [0.25, 0.3) is 0 Å². The standard InChI is InChI=1S/C12H20N2/c1-2-12(7-13)14-8-10-4-3-5-11(6-10)9-14/h10-12H,2-6,8-9H2,1H3. The number of fused-ring (bicyclic) bond motifs is 2. The minimum atomic E-state index is 0.179. The molecule has 2 rings (SSSR count). The van der Waals surface area contributed by atoms with Crippen molar-refractivity contribution >= 4 is 0 Å². The summed E-state index contributed by atoms with van der Waals surface area (Å²) in [5.41, 5.74) is 0. The molecule has 2 nitrogen and oxygen atoms in total. The fourth-order valence-electron chi connectivity index (χ4n) is 3.16. The Labute approximate surface area is 86.9 Å². The number of nitriles is 1. The Morgan fingerprint density at radius 1 is 1.36 bits per heavy atom. The smallest absolute Gasteiger partial charge is 0.0975 e. The Balaban J connectivity index is 1.98. The maximum atomic E-state index is 9.05. The van der Waals surface area contributed by atoms with E-state index in [4.69, 9.17) is 5.26 Å². The van der Waals surface area contributed by atoms with Crippen LogP contribution in [-0.2, 0) is 0 Å². The van der Waals surface area contributed by atoms with E-state index in [0.29, 0.717) is 0 Å². The first kappa shape index (κ1) is 9.98. The van der Waals surface area contributed by atoms with Gasteiger partial charge < -0.3 is 0 Å². The summed E-state index contributed by atoms with van der Waals surface area (Å²) in [7, 11) is 0. The summed E-state index contributed by atoms with van der Waals surface area (Å²) < 4.78 is 0. The van der Waals surface area contributed by atoms with Crippen LogP contribution in [0.1, 0.15) is 39.0 Å². The summed E-state index contributed by atoms with van der Waals surface area (Å²) >= 11 is 0. The molecule has 1 heterocycles. The first-order valence-electron chi connectivity index (χ1n) is 5.97. The fourth-order valence-corrected chi connectivity index (χ4v) is 3.16. The molecule has 78 valence electrons. The van der Waals surface area contributed by atoms with Gasteiger partial charge in [0.1, 0.15) is 0 Å². The summed E-state index contributed by atoms with van der Waals surface area (Å²) in [5, 5.41) is 9.05. The second kappa shape index (κ2) is 4.31. The van der Waals surface area contributed by atoms with Gasteiger partial charge in [0.2, 0.25) is 0 Å². The Morgan fingerprint density at radius 2 is 2.00 bits per heavy atom. The zero-order valence-electron chi connectivity index (χ0n) is 9.08. The van der Waals surface area contributed by atoms with Crippen molar-refractivity contribution in [3.8, 4) is 6.07 Å². The van der Waals surface area contributed by atoms with Crippen LogP contribution < -0.4 is 0 Å². The van der Waals surface area contributed by atoms with Crippen molar-refractivity contribution in [1.82, 2.24) is 4.90 Å². The molecule has 0 aromatic heterocycles. The molecule has 0 aromatic carbocycles. The van der Waals surface area contributed by atoms with Crippen LogP contribution in [0.15, 0.2) is 0 Å². The van der Waals surface area contributed by atoms with Gasteiger partial charge in [-0.1, -0.05) is 13.3 Å². The molecule has 14 heavy (non-hydrogen) atoms. The molecule has 1 aliphatic heterocycles. The minimum Gasteiger partial charge on any atom is -0.288 e. The largest absolute Gasteiger partial charge is 0.288 e. The lowest BCUT2D eigenvalue weighted by atomic mass is 9.77. The molecule has 1 saturated carbocycles. The molecule has 0 N–H and O–H groups in total. The predicted octanol–water partition coefficient (Wildman–Crippen LogP) is 2.41. The molecule has 0 radical (unpaired) electrons. The summed E-state index contributed by atoms with van der Waals surface area (Å²) in [6.45, 7) is 4.49. The highest BCUT2D eigenvalue weighted by Gasteiger charge is 2.32. The lowest BCUT2D eigenvalue weighted by molar-refractivity contribution is 0.0680. The number of hydrogen-bond acceptors (Lipinski definition) is 2. The van der Waals surface area contributed by atoms with Crippen molar-refractivity contribution in [2.45, 2.75) is 45.1 Å². The van der Waals surface area contributed by atoms with Crippen LogP contribution in [0.2, 0.25) is 0 Å². The molecule has 1 saturated heterocycles. The van der Waals surface area contributed by atoms with Crippen molar-refractivity contribution in [2.24, 2.45) is 11.8 Å². The fraction of sp³-hybridized carbons (Fsp3) is 0.917. The van der Waals surface area contributed by atoms with E-state index in [2.05, 4.69) is 17.9 Å². The molecule has 1 aliphatic carbocycles. The lowest BCUT2D eigenvalue weighted by Crippen LogP contribution is -2.47. The molecule has 3 atom stereocenters. The molecule has 0 spiro atoms. The van der Waals surface area contributed by atoms with Gasteiger partial charge >= 0.3 is 0 Å². The van der Waals surface area contributed by atoms with Gasteiger partial charge in [0.15, 0.2) is 0 Å². The lowest BCUT2D eigenvalue weighted by Gasteiger charge is -2.42. The quantitative estimate of drug-likeness (QED) is 0.672. The molecule has 2 aliphatic rings. The van der Waals surface area contributed by atoms with Gasteiger partial charge in [0, 0.05) is 13.1 Å². The number of rotatable bonds is 2. The van der Waals surface area contributed by atoms with Gasteiger partial charge in [0.25, 0.3) is 0 Å². The molecular formula is C12H20N2. The Kier molecular flexibility index (Phi) is 3.08. The maximum absolute atomic E-state index is 9.05. The Bertz CT molecular complexity index is 219. The van der Waals surface area contributed by atoms with Crippen LogP contribution in [-0.4, -0.2) is 24.0 Å². The molecule has 2 heteroatoms. The van der Waals surface area contributed by atoms with Gasteiger partial charge in [-0.05, 0) is 37.5 Å². The molecule has 0 amide bonds. The molecule has 2 fully saturated rings. The van der Waals surface area contributed by atoms with Crippen molar-refractivity contribution < 1.29 is 0 Å². The third-order valence-corrected chi connectivity index (χ3v) is 3.85. The van der Waals surface area contributed by atoms with E-state index in [9.17, 15) is 0 Å². The van der Waals surface area contributed by atoms with E-state index < -0.39 is 0 Å². The number of likely N-dealkylation sites (tertiary alicyclic amines) is 1. The van der Waals surface area contributed by atoms with Crippen molar-refractivity contribution in [2.75, 3.05) is 13.1 Å². The Hall–Kier alpha value is -0.550. The molecule has 2 bridgehead atoms. The van der Waals surface area contributed by atoms with E-state index >= 15 is 0 Å². The predicted molar refractivity (Wildman–Crippen MR) is 56.7 cm³/mol. The normalized spacial score (nSPS) is 34.9. The van der Waals surface area contributed by atoms with Gasteiger partial charge in [-0.25, -0.2) is 0 Å². The van der Waals surface area contributed by atoms with E-state index in [1.807, 2.05) is 0 Å². The van der Waals surface area contributed by atoms with Crippen LogP contribution in [0.4, 0.5) is 0 Å². The minimum absolute atomic E-state index is 0.179. The van der Waals surface area contributed by atoms with Gasteiger partial charge in [0.05, 0.1) is 12.1 Å². The number of hydrogen-bond donors (Lipinski definition) is 0. The summed E-state index contributed by atoms with van der Waals surface area (Å²) in [4.78, 5) is 2.43. The molecule has 3 unspecified atom stereocenters. The zero-order chi connectivity index (χ0) is 9.97. The van der Waals surface area contributed by atoms with E-state index in [-0.39, 0.29) is 6.04 Å². The monoisotopic (exact) mass is 192 g/mol. The van der Waals surface area contributed by atoms with Crippen molar-refractivity contribution in [3.05, 3.63) is 0 Å². The summed E-state index contributed by atoms with van der Waals surface area (Å²) in [6.07, 6.45) is 6.63. The van der Waals surface area contributed by atoms with Crippen molar-refractivity contribution in [3.63, 3.8) is 0 Å². The van der Waals surface area contributed by atoms with Crippen molar-refractivity contribution in [1.29, 1.82) is 5.26 Å². The number of piperidine rings is 1. The first-order chi connectivity index (χ1) is 6.83. The topological polar surface area (TPSA) is 27.0 Å². The summed E-state index contributed by atoms with van der Waals surface area (Å²) in [5.74, 6) is 1.79. The average molecular weight is 192 g/mol. The van der Waals surface area contributed by atoms with E-state index in [0.717, 1.165) is 18.3 Å². The van der Waals surface area contributed by atoms with Gasteiger partial charge in [-0.3, -0.25) is 4.90 Å². The molecular weight excluding hydrogens is 172 g/mol. The summed E-state index contributed by atoms with van der Waals surface area (Å²) in [6, 6.07) is 2.62. The van der Waals surface area contributed by atoms with Gasteiger partial charge in [-0.2, -0.15) is 5.26 Å². The first-order valence-corrected chi connectivity index (χ1v) is 5.97. The highest BCUT2D eigenvalue weighted by molar-refractivity contribution is 4.95. The van der Waals surface area contributed by atoms with E-state index in [1.54, 1.807) is 0 Å². The van der Waals surface area contributed by atoms with Gasteiger partial charge in [-0.15, -0.1) is 0 Å². The SMILES string of the molecule is CCC(C#N)N1CC2CCCC(C2)C1. The van der Waals surface area contributed by atoms with Crippen LogP contribution in [0.5, 0.6) is 0 Å². The van der Waals surface area contributed by atoms with E-state index in [1.165, 1.54) is 38.8 Å². The average Bonchev–Trinajstić information content (AvgIpc) is 2.19. The third kappa shape index (κ3) is 1.93. The highest BCUT2D eigenvalue weighted by Crippen LogP contribution is 2.35.